The van der Waals surface area contributed by atoms with Gasteiger partial charge in [0.25, 0.3) is 0 Å². The van der Waals surface area contributed by atoms with Crippen LogP contribution in [0.2, 0.25) is 0 Å². The fraction of sp³-hybridized carbons (Fsp3) is 1.00. The summed E-state index contributed by atoms with van der Waals surface area (Å²) in [6.07, 6.45) is 0. The summed E-state index contributed by atoms with van der Waals surface area (Å²) in [5, 5.41) is 0. The lowest BCUT2D eigenvalue weighted by atomic mass is 10.4. The molecule has 0 saturated heterocycles. The van der Waals surface area contributed by atoms with E-state index in [2.05, 4.69) is 38.8 Å². The zero-order valence-corrected chi connectivity index (χ0v) is 5.60. The zero-order chi connectivity index (χ0) is 5.86. The van der Waals surface area contributed by atoms with Crippen LogP contribution < -0.4 is 0 Å². The van der Waals surface area contributed by atoms with E-state index in [4.69, 9.17) is 0 Å². The highest BCUT2D eigenvalue weighted by Gasteiger charge is 1.87. The van der Waals surface area contributed by atoms with Gasteiger partial charge in [-0.1, -0.05) is 0 Å². The molecule has 0 amide bonds. The second kappa shape index (κ2) is 3.05. The Hall–Kier alpha value is -0.0151. The Kier molecular flexibility index (Phi) is 3.04. The van der Waals surface area contributed by atoms with Crippen LogP contribution in [0.5, 0.6) is 0 Å². The van der Waals surface area contributed by atoms with Crippen molar-refractivity contribution in [3.63, 3.8) is 0 Å². The van der Waals surface area contributed by atoms with Gasteiger partial charge in [-0.3, -0.25) is 4.90 Å². The Morgan fingerprint density at radius 1 is 1.29 bits per heavy atom. The molecule has 0 saturated carbocycles. The summed E-state index contributed by atoms with van der Waals surface area (Å²) in [6, 6.07) is 0. The highest BCUT2D eigenvalue weighted by atomic mass is 15.2. The van der Waals surface area contributed by atoms with Gasteiger partial charge in [-0.05, 0) is 21.1 Å². The third kappa shape index (κ3) is 5.98. The van der Waals surface area contributed by atoms with Gasteiger partial charge >= 0.3 is 0 Å². The van der Waals surface area contributed by atoms with E-state index in [1.165, 1.54) is 0 Å². The second-order valence-electron chi connectivity index (χ2n) is 2.30. The normalized spacial score (nSPS) is 11.0. The van der Waals surface area contributed by atoms with E-state index < -0.39 is 0 Å². The van der Waals surface area contributed by atoms with Crippen molar-refractivity contribution >= 4 is 7.98 Å². The van der Waals surface area contributed by atoms with Crippen LogP contribution in [0, 0.1) is 0 Å². The highest BCUT2D eigenvalue weighted by molar-refractivity contribution is 6.04. The maximum absolute atomic E-state index is 2.12. The molecule has 0 rings (SSSR count). The molecule has 0 radical (unpaired) electrons. The molecule has 0 aliphatic carbocycles. The lowest BCUT2D eigenvalue weighted by Crippen LogP contribution is -2.27. The predicted octanol–water partition coefficient (Wildman–Crippen LogP) is -1.01. The fourth-order valence-corrected chi connectivity index (χ4v) is 0.566. The summed E-state index contributed by atoms with van der Waals surface area (Å²) in [5.41, 5.74) is 0. The monoisotopic (exact) mass is 100 g/mol. The van der Waals surface area contributed by atoms with Crippen LogP contribution in [0.25, 0.3) is 0 Å². The van der Waals surface area contributed by atoms with Gasteiger partial charge in [0.05, 0.1) is 0 Å². The first-order valence-electron chi connectivity index (χ1n) is 2.42. The summed E-state index contributed by atoms with van der Waals surface area (Å²) in [7, 11) is 8.22. The van der Waals surface area contributed by atoms with Crippen molar-refractivity contribution in [2.24, 2.45) is 0 Å². The van der Waals surface area contributed by atoms with Crippen molar-refractivity contribution in [1.82, 2.24) is 9.71 Å². The molecule has 0 heterocycles. The first kappa shape index (κ1) is 6.98. The molecule has 0 aromatic heterocycles. The van der Waals surface area contributed by atoms with Crippen LogP contribution in [0.1, 0.15) is 0 Å². The molecule has 0 aliphatic heterocycles. The minimum atomic E-state index is 1.03. The van der Waals surface area contributed by atoms with Crippen LogP contribution >= 0.6 is 0 Å². The standard InChI is InChI=1S/C4H13BN2/c1-6(2)4-7(3)5/h4-5H2,1-3H3. The van der Waals surface area contributed by atoms with Gasteiger partial charge < -0.3 is 4.81 Å². The van der Waals surface area contributed by atoms with Crippen molar-refractivity contribution < 1.29 is 0 Å². The highest BCUT2D eigenvalue weighted by Crippen LogP contribution is 1.73. The summed E-state index contributed by atoms with van der Waals surface area (Å²) in [6.45, 7) is 1.03. The topological polar surface area (TPSA) is 6.48 Å². The molecule has 42 valence electrons. The largest absolute Gasteiger partial charge is 0.340 e. The smallest absolute Gasteiger partial charge is 0.186 e. The van der Waals surface area contributed by atoms with Crippen LogP contribution in [0.4, 0.5) is 0 Å². The van der Waals surface area contributed by atoms with Gasteiger partial charge in [0.1, 0.15) is 0 Å². The molecular weight excluding hydrogens is 86.9 g/mol. The Labute approximate surface area is 46.5 Å². The van der Waals surface area contributed by atoms with Gasteiger partial charge in [0, 0.05) is 6.67 Å². The van der Waals surface area contributed by atoms with Crippen molar-refractivity contribution in [1.29, 1.82) is 0 Å². The first-order valence-corrected chi connectivity index (χ1v) is 2.42. The Morgan fingerprint density at radius 2 is 1.71 bits per heavy atom. The van der Waals surface area contributed by atoms with E-state index in [0.717, 1.165) is 6.67 Å². The predicted molar refractivity (Wildman–Crippen MR) is 34.9 cm³/mol. The van der Waals surface area contributed by atoms with E-state index in [9.17, 15) is 0 Å². The van der Waals surface area contributed by atoms with Crippen LogP contribution in [-0.4, -0.2) is 45.5 Å². The molecule has 0 aliphatic rings. The number of hydrogen-bond acceptors (Lipinski definition) is 2. The van der Waals surface area contributed by atoms with E-state index in [1.54, 1.807) is 0 Å². The molecule has 2 nitrogen and oxygen atoms in total. The molecule has 0 aromatic rings. The van der Waals surface area contributed by atoms with Crippen molar-refractivity contribution in [3.8, 4) is 0 Å². The average molecular weight is 100.0 g/mol. The van der Waals surface area contributed by atoms with Crippen LogP contribution in [0.3, 0.4) is 0 Å². The summed E-state index contributed by atoms with van der Waals surface area (Å²) < 4.78 is 0. The van der Waals surface area contributed by atoms with Gasteiger partial charge in [0.15, 0.2) is 7.98 Å². The van der Waals surface area contributed by atoms with Crippen molar-refractivity contribution in [2.45, 2.75) is 0 Å². The lowest BCUT2D eigenvalue weighted by Gasteiger charge is -2.15. The Balaban J connectivity index is 2.95. The summed E-state index contributed by atoms with van der Waals surface area (Å²) >= 11 is 0. The molecular formula is C4H13BN2. The van der Waals surface area contributed by atoms with Crippen LogP contribution in [-0.2, 0) is 0 Å². The number of hydrogen-bond donors (Lipinski definition) is 0. The molecule has 0 fully saturated rings. The van der Waals surface area contributed by atoms with Gasteiger partial charge in [-0.25, -0.2) is 0 Å². The first-order chi connectivity index (χ1) is 3.13. The molecule has 7 heavy (non-hydrogen) atoms. The van der Waals surface area contributed by atoms with Gasteiger partial charge in [0.2, 0.25) is 0 Å². The van der Waals surface area contributed by atoms with E-state index >= 15 is 0 Å². The SMILES string of the molecule is BN(C)CN(C)C. The summed E-state index contributed by atoms with van der Waals surface area (Å²) in [5.74, 6) is 0. The second-order valence-corrected chi connectivity index (χ2v) is 2.30. The molecule has 0 spiro atoms. The quantitative estimate of drug-likeness (QED) is 0.324. The molecule has 0 N–H and O–H groups in total. The van der Waals surface area contributed by atoms with Crippen molar-refractivity contribution in [3.05, 3.63) is 0 Å². The van der Waals surface area contributed by atoms with E-state index in [0.29, 0.717) is 0 Å². The Morgan fingerprint density at radius 3 is 1.71 bits per heavy atom. The van der Waals surface area contributed by atoms with E-state index in [1.807, 2.05) is 0 Å². The van der Waals surface area contributed by atoms with Crippen LogP contribution in [0.15, 0.2) is 0 Å². The minimum Gasteiger partial charge on any atom is -0.340 e. The maximum atomic E-state index is 2.12. The fourth-order valence-electron chi connectivity index (χ4n) is 0.566. The number of rotatable bonds is 2. The molecule has 0 atom stereocenters. The number of nitrogens with zero attached hydrogens (tertiary/aromatic N) is 2. The lowest BCUT2D eigenvalue weighted by molar-refractivity contribution is 0.304. The Bertz CT molecular complexity index is 39.0. The third-order valence-electron chi connectivity index (χ3n) is 0.566. The molecule has 0 unspecified atom stereocenters. The van der Waals surface area contributed by atoms with Crippen molar-refractivity contribution in [2.75, 3.05) is 27.8 Å². The van der Waals surface area contributed by atoms with Gasteiger partial charge in [-0.2, -0.15) is 0 Å². The van der Waals surface area contributed by atoms with Gasteiger partial charge in [-0.15, -0.1) is 0 Å². The maximum Gasteiger partial charge on any atom is 0.186 e. The molecule has 0 bridgehead atoms. The average Bonchev–Trinajstić information content (AvgIpc) is 1.27. The third-order valence-corrected chi connectivity index (χ3v) is 0.566. The zero-order valence-electron chi connectivity index (χ0n) is 5.60. The van der Waals surface area contributed by atoms with E-state index in [-0.39, 0.29) is 0 Å². The molecule has 3 heteroatoms. The minimum absolute atomic E-state index is 1.03. The molecule has 0 aromatic carbocycles. The summed E-state index contributed by atoms with van der Waals surface area (Å²) in [4.78, 5) is 4.25.